The van der Waals surface area contributed by atoms with Gasteiger partial charge in [0, 0.05) is 25.2 Å². The highest BCUT2D eigenvalue weighted by Gasteiger charge is 2.24. The Bertz CT molecular complexity index is 799. The molecule has 0 aliphatic heterocycles. The molecule has 2 atom stereocenters. The van der Waals surface area contributed by atoms with E-state index in [0.29, 0.717) is 23.9 Å². The molecular formula is C40H80NO6P. The van der Waals surface area contributed by atoms with Gasteiger partial charge in [0.05, 0.1) is 27.7 Å². The molecule has 0 aromatic carbocycles. The SMILES string of the molecule is CCCCCCCCCCCCCCCC(=O)C[C@H](COP(=O)([O-])OCC[N+](C)(C)C)C(=O)CCCCCCCCCCCCCCC. The van der Waals surface area contributed by atoms with E-state index >= 15 is 0 Å². The van der Waals surface area contributed by atoms with Gasteiger partial charge in [0.15, 0.2) is 0 Å². The van der Waals surface area contributed by atoms with Crippen molar-refractivity contribution in [2.24, 2.45) is 5.92 Å². The van der Waals surface area contributed by atoms with Crippen LogP contribution in [0.2, 0.25) is 0 Å². The number of hydrogen-bond donors (Lipinski definition) is 0. The fourth-order valence-electron chi connectivity index (χ4n) is 6.15. The third-order valence-corrected chi connectivity index (χ3v) is 10.4. The molecule has 0 aromatic heterocycles. The van der Waals surface area contributed by atoms with E-state index in [2.05, 4.69) is 13.8 Å². The molecule has 0 bridgehead atoms. The molecule has 286 valence electrons. The molecule has 0 saturated heterocycles. The summed E-state index contributed by atoms with van der Waals surface area (Å²) in [5.74, 6) is -0.777. The van der Waals surface area contributed by atoms with Gasteiger partial charge in [0.1, 0.15) is 24.7 Å². The molecule has 0 aliphatic carbocycles. The molecule has 0 N–H and O–H groups in total. The largest absolute Gasteiger partial charge is 0.756 e. The van der Waals surface area contributed by atoms with Gasteiger partial charge in [0.25, 0.3) is 7.82 Å². The molecule has 0 saturated carbocycles. The number of nitrogens with zero attached hydrogens (tertiary/aromatic N) is 1. The van der Waals surface area contributed by atoms with Gasteiger partial charge >= 0.3 is 0 Å². The molecule has 0 aliphatic rings. The smallest absolute Gasteiger partial charge is 0.268 e. The van der Waals surface area contributed by atoms with Crippen LogP contribution in [0.15, 0.2) is 0 Å². The molecular weight excluding hydrogens is 621 g/mol. The molecule has 0 heterocycles. The standard InChI is InChI=1S/C40H80NO6P/c1-6-8-10-12-14-16-18-20-22-24-26-28-30-32-39(42)36-38(37-47-48(44,45)46-35-34-41(3,4)5)40(43)33-31-29-27-25-23-21-19-17-15-13-11-9-7-2/h38H,6-37H2,1-5H3/t38-/m1/s1. The van der Waals surface area contributed by atoms with Crippen LogP contribution in [0.3, 0.4) is 0 Å². The van der Waals surface area contributed by atoms with E-state index in [1.54, 1.807) is 0 Å². The van der Waals surface area contributed by atoms with Gasteiger partial charge in [-0.15, -0.1) is 0 Å². The lowest BCUT2D eigenvalue weighted by atomic mass is 9.92. The Morgan fingerprint density at radius 3 is 1.29 bits per heavy atom. The number of phosphoric acid groups is 1. The van der Waals surface area contributed by atoms with Crippen LogP contribution in [0.1, 0.15) is 200 Å². The van der Waals surface area contributed by atoms with Crippen LogP contribution in [0.25, 0.3) is 0 Å². The van der Waals surface area contributed by atoms with E-state index in [9.17, 15) is 19.0 Å². The van der Waals surface area contributed by atoms with E-state index < -0.39 is 13.7 Å². The Morgan fingerprint density at radius 1 is 0.562 bits per heavy atom. The number of ketones is 2. The number of carbonyl (C=O) groups excluding carboxylic acids is 2. The zero-order valence-corrected chi connectivity index (χ0v) is 33.4. The van der Waals surface area contributed by atoms with Crippen LogP contribution >= 0.6 is 7.82 Å². The number of rotatable bonds is 38. The van der Waals surface area contributed by atoms with Gasteiger partial charge in [0.2, 0.25) is 0 Å². The van der Waals surface area contributed by atoms with Crippen LogP contribution in [0.5, 0.6) is 0 Å². The van der Waals surface area contributed by atoms with Crippen molar-refractivity contribution in [3.05, 3.63) is 0 Å². The Morgan fingerprint density at radius 2 is 0.917 bits per heavy atom. The fourth-order valence-corrected chi connectivity index (χ4v) is 6.89. The van der Waals surface area contributed by atoms with E-state index in [-0.39, 0.29) is 31.2 Å². The van der Waals surface area contributed by atoms with E-state index in [4.69, 9.17) is 9.05 Å². The molecule has 0 spiro atoms. The summed E-state index contributed by atoms with van der Waals surface area (Å²) in [4.78, 5) is 38.4. The zero-order chi connectivity index (χ0) is 35.8. The second kappa shape index (κ2) is 32.3. The topological polar surface area (TPSA) is 92.7 Å². The maximum absolute atomic E-state index is 13.2. The lowest BCUT2D eigenvalue weighted by Crippen LogP contribution is -2.37. The predicted molar refractivity (Wildman–Crippen MR) is 201 cm³/mol. The average molecular weight is 702 g/mol. The van der Waals surface area contributed by atoms with Crippen LogP contribution in [-0.2, 0) is 23.2 Å². The second-order valence-corrected chi connectivity index (χ2v) is 16.9. The average Bonchev–Trinajstić information content (AvgIpc) is 3.02. The third kappa shape index (κ3) is 33.9. The summed E-state index contributed by atoms with van der Waals surface area (Å²) < 4.78 is 23.2. The van der Waals surface area contributed by atoms with Crippen molar-refractivity contribution in [3.8, 4) is 0 Å². The summed E-state index contributed by atoms with van der Waals surface area (Å²) in [6.07, 6.45) is 33.1. The fraction of sp³-hybridized carbons (Fsp3) is 0.950. The molecule has 1 unspecified atom stereocenters. The first-order chi connectivity index (χ1) is 23.0. The van der Waals surface area contributed by atoms with Crippen LogP contribution in [0, 0.1) is 5.92 Å². The normalized spacial score (nSPS) is 13.9. The van der Waals surface area contributed by atoms with Crippen LogP contribution in [0.4, 0.5) is 0 Å². The minimum Gasteiger partial charge on any atom is -0.756 e. The number of hydrogen-bond acceptors (Lipinski definition) is 6. The zero-order valence-electron chi connectivity index (χ0n) is 32.5. The monoisotopic (exact) mass is 702 g/mol. The lowest BCUT2D eigenvalue weighted by Gasteiger charge is -2.28. The van der Waals surface area contributed by atoms with Crippen molar-refractivity contribution in [2.45, 2.75) is 200 Å². The first-order valence-electron chi connectivity index (χ1n) is 20.5. The Labute approximate surface area is 298 Å². The summed E-state index contributed by atoms with van der Waals surface area (Å²) in [5, 5.41) is 0. The summed E-state index contributed by atoms with van der Waals surface area (Å²) in [6, 6.07) is 0. The number of carbonyl (C=O) groups is 2. The van der Waals surface area contributed by atoms with Crippen molar-refractivity contribution in [1.82, 2.24) is 0 Å². The number of quaternary nitrogens is 1. The molecule has 8 heteroatoms. The number of unbranched alkanes of at least 4 members (excludes halogenated alkanes) is 24. The quantitative estimate of drug-likeness (QED) is 0.0361. The van der Waals surface area contributed by atoms with Gasteiger partial charge in [-0.25, -0.2) is 0 Å². The van der Waals surface area contributed by atoms with Crippen molar-refractivity contribution < 1.29 is 32.6 Å². The van der Waals surface area contributed by atoms with Crippen LogP contribution in [-0.4, -0.2) is 57.0 Å². The number of likely N-dealkylation sites (N-methyl/N-ethyl adjacent to an activating group) is 1. The van der Waals surface area contributed by atoms with Gasteiger partial charge in [-0.3, -0.25) is 14.2 Å². The minimum atomic E-state index is -4.55. The van der Waals surface area contributed by atoms with E-state index in [0.717, 1.165) is 38.5 Å². The molecule has 0 amide bonds. The van der Waals surface area contributed by atoms with Crippen molar-refractivity contribution in [3.63, 3.8) is 0 Å². The minimum absolute atomic E-state index is 0.0137. The number of phosphoric ester groups is 1. The summed E-state index contributed by atoms with van der Waals surface area (Å²) in [6.45, 7) is 4.72. The highest BCUT2D eigenvalue weighted by atomic mass is 31.2. The van der Waals surface area contributed by atoms with Crippen molar-refractivity contribution >= 4 is 19.4 Å². The molecule has 0 fully saturated rings. The van der Waals surface area contributed by atoms with Gasteiger partial charge in [-0.05, 0) is 12.8 Å². The Kier molecular flexibility index (Phi) is 31.9. The highest BCUT2D eigenvalue weighted by Crippen LogP contribution is 2.39. The molecule has 7 nitrogen and oxygen atoms in total. The first-order valence-corrected chi connectivity index (χ1v) is 21.9. The predicted octanol–water partition coefficient (Wildman–Crippen LogP) is 11.3. The summed E-state index contributed by atoms with van der Waals surface area (Å²) in [5.41, 5.74) is 0. The maximum atomic E-state index is 13.2. The van der Waals surface area contributed by atoms with Crippen molar-refractivity contribution in [1.29, 1.82) is 0 Å². The van der Waals surface area contributed by atoms with E-state index in [1.807, 2.05) is 21.1 Å². The molecule has 0 aromatic rings. The number of Topliss-reactive ketones (excluding diaryl/α,β-unsaturated/α-hetero) is 2. The van der Waals surface area contributed by atoms with Gasteiger partial charge in [-0.1, -0.05) is 168 Å². The highest BCUT2D eigenvalue weighted by molar-refractivity contribution is 7.45. The van der Waals surface area contributed by atoms with Gasteiger partial charge in [-0.2, -0.15) is 0 Å². The first kappa shape index (κ1) is 47.4. The Balaban J connectivity index is 4.42. The molecule has 0 rings (SSSR count). The lowest BCUT2D eigenvalue weighted by molar-refractivity contribution is -0.870. The summed E-state index contributed by atoms with van der Waals surface area (Å²) >= 11 is 0. The third-order valence-electron chi connectivity index (χ3n) is 9.46. The van der Waals surface area contributed by atoms with Gasteiger partial charge < -0.3 is 18.4 Å². The summed E-state index contributed by atoms with van der Waals surface area (Å²) in [7, 11) is 1.31. The van der Waals surface area contributed by atoms with Crippen molar-refractivity contribution in [2.75, 3.05) is 40.9 Å². The second-order valence-electron chi connectivity index (χ2n) is 15.5. The molecule has 48 heavy (non-hydrogen) atoms. The molecule has 0 radical (unpaired) electrons. The Hall–Kier alpha value is -0.590. The maximum Gasteiger partial charge on any atom is 0.268 e. The van der Waals surface area contributed by atoms with Crippen LogP contribution < -0.4 is 4.89 Å². The van der Waals surface area contributed by atoms with E-state index in [1.165, 1.54) is 128 Å².